The molecule has 2 nitrogen and oxygen atoms in total. The predicted molar refractivity (Wildman–Crippen MR) is 74.9 cm³/mol. The van der Waals surface area contributed by atoms with Crippen LogP contribution in [0.4, 0.5) is 0 Å². The van der Waals surface area contributed by atoms with Crippen molar-refractivity contribution in [2.75, 3.05) is 6.54 Å². The highest BCUT2D eigenvalue weighted by molar-refractivity contribution is 6.20. The van der Waals surface area contributed by atoms with Gasteiger partial charge >= 0.3 is 0 Å². The molecule has 1 amide bonds. The van der Waals surface area contributed by atoms with Crippen molar-refractivity contribution in [1.82, 2.24) is 5.32 Å². The Morgan fingerprint density at radius 1 is 1.39 bits per heavy atom. The summed E-state index contributed by atoms with van der Waals surface area (Å²) in [5, 5.41) is 3.19. The fourth-order valence-electron chi connectivity index (χ4n) is 2.24. The minimum absolute atomic E-state index is 0.161. The van der Waals surface area contributed by atoms with E-state index in [2.05, 4.69) is 12.2 Å². The van der Waals surface area contributed by atoms with E-state index in [-0.39, 0.29) is 16.7 Å². The van der Waals surface area contributed by atoms with Crippen molar-refractivity contribution in [2.45, 2.75) is 43.4 Å². The molecule has 0 aromatic heterocycles. The van der Waals surface area contributed by atoms with Crippen LogP contribution in [0, 0.1) is 0 Å². The van der Waals surface area contributed by atoms with E-state index in [9.17, 15) is 4.79 Å². The molecule has 1 saturated carbocycles. The van der Waals surface area contributed by atoms with E-state index in [1.54, 1.807) is 0 Å². The second-order valence-corrected chi connectivity index (χ2v) is 5.62. The third-order valence-electron chi connectivity index (χ3n) is 3.70. The Bertz CT molecular complexity index is 400. The number of hydrogen-bond donors (Lipinski definition) is 1. The Morgan fingerprint density at radius 3 is 2.61 bits per heavy atom. The molecular weight excluding hydrogens is 246 g/mol. The van der Waals surface area contributed by atoms with Crippen LogP contribution in [0.5, 0.6) is 0 Å². The largest absolute Gasteiger partial charge is 0.355 e. The molecule has 0 heterocycles. The predicted octanol–water partition coefficient (Wildman–Crippen LogP) is 3.24. The van der Waals surface area contributed by atoms with Crippen molar-refractivity contribution in [1.29, 1.82) is 0 Å². The number of hydrogen-bond acceptors (Lipinski definition) is 1. The number of alkyl halides is 1. The highest BCUT2D eigenvalue weighted by Gasteiger charge is 2.50. The van der Waals surface area contributed by atoms with Crippen molar-refractivity contribution >= 4 is 17.5 Å². The zero-order valence-corrected chi connectivity index (χ0v) is 11.5. The Labute approximate surface area is 114 Å². The van der Waals surface area contributed by atoms with Crippen LogP contribution in [0.25, 0.3) is 0 Å². The summed E-state index contributed by atoms with van der Waals surface area (Å²) in [7, 11) is 0. The van der Waals surface area contributed by atoms with Crippen LogP contribution in [0.1, 0.15) is 38.2 Å². The van der Waals surface area contributed by atoms with Crippen LogP contribution in [-0.2, 0) is 10.2 Å². The van der Waals surface area contributed by atoms with Crippen LogP contribution in [-0.4, -0.2) is 17.8 Å². The molecule has 0 radical (unpaired) electrons. The average molecular weight is 266 g/mol. The topological polar surface area (TPSA) is 29.1 Å². The third kappa shape index (κ3) is 2.86. The summed E-state index contributed by atoms with van der Waals surface area (Å²) in [6.45, 7) is 2.74. The van der Waals surface area contributed by atoms with Gasteiger partial charge in [0.25, 0.3) is 0 Å². The number of rotatable bonds is 6. The summed E-state index contributed by atoms with van der Waals surface area (Å²) >= 11 is 6.04. The highest BCUT2D eigenvalue weighted by atomic mass is 35.5. The van der Waals surface area contributed by atoms with Gasteiger partial charge in [0, 0.05) is 11.9 Å². The Balaban J connectivity index is 1.90. The van der Waals surface area contributed by atoms with E-state index in [1.807, 2.05) is 30.3 Å². The number of amides is 1. The first-order chi connectivity index (χ1) is 8.69. The zero-order valence-electron chi connectivity index (χ0n) is 10.8. The van der Waals surface area contributed by atoms with Gasteiger partial charge in [-0.25, -0.2) is 0 Å². The van der Waals surface area contributed by atoms with Crippen LogP contribution >= 0.6 is 11.6 Å². The van der Waals surface area contributed by atoms with Gasteiger partial charge < -0.3 is 5.32 Å². The van der Waals surface area contributed by atoms with Crippen molar-refractivity contribution in [3.05, 3.63) is 35.9 Å². The molecule has 1 N–H and O–H groups in total. The summed E-state index contributed by atoms with van der Waals surface area (Å²) in [5.41, 5.74) is 0.885. The van der Waals surface area contributed by atoms with E-state index < -0.39 is 0 Å². The molecule has 0 spiro atoms. The van der Waals surface area contributed by atoms with Gasteiger partial charge in [-0.2, -0.15) is 0 Å². The standard InChI is InChI=1S/C15H20ClNO/c1-2-13(16)8-11-17-14(18)15(9-10-15)12-6-4-3-5-7-12/h3-7,13H,2,8-11H2,1H3,(H,17,18). The van der Waals surface area contributed by atoms with Crippen molar-refractivity contribution in [3.63, 3.8) is 0 Å². The number of nitrogens with one attached hydrogen (secondary N) is 1. The van der Waals surface area contributed by atoms with Crippen molar-refractivity contribution < 1.29 is 4.79 Å². The Kier molecular flexibility index (Phi) is 4.28. The minimum Gasteiger partial charge on any atom is -0.355 e. The van der Waals surface area contributed by atoms with Gasteiger partial charge in [0.05, 0.1) is 5.41 Å². The molecule has 1 atom stereocenters. The minimum atomic E-state index is -0.255. The van der Waals surface area contributed by atoms with E-state index in [0.717, 1.165) is 31.2 Å². The first-order valence-electron chi connectivity index (χ1n) is 6.67. The maximum Gasteiger partial charge on any atom is 0.230 e. The Morgan fingerprint density at radius 2 is 2.06 bits per heavy atom. The molecule has 1 aromatic carbocycles. The molecule has 1 fully saturated rings. The van der Waals surface area contributed by atoms with Crippen LogP contribution in [0.3, 0.4) is 0 Å². The van der Waals surface area contributed by atoms with E-state index in [0.29, 0.717) is 6.54 Å². The lowest BCUT2D eigenvalue weighted by molar-refractivity contribution is -0.123. The summed E-state index contributed by atoms with van der Waals surface area (Å²) < 4.78 is 0. The quantitative estimate of drug-likeness (QED) is 0.786. The maximum absolute atomic E-state index is 12.2. The lowest BCUT2D eigenvalue weighted by atomic mass is 9.95. The summed E-state index contributed by atoms with van der Waals surface area (Å²) in [6.07, 6.45) is 3.71. The first-order valence-corrected chi connectivity index (χ1v) is 7.10. The zero-order chi connectivity index (χ0) is 13.0. The molecule has 0 saturated heterocycles. The van der Waals surface area contributed by atoms with Crippen LogP contribution < -0.4 is 5.32 Å². The first kappa shape index (κ1) is 13.4. The Hall–Kier alpha value is -1.02. The van der Waals surface area contributed by atoms with Gasteiger partial charge in [0.15, 0.2) is 0 Å². The van der Waals surface area contributed by atoms with E-state index >= 15 is 0 Å². The molecule has 18 heavy (non-hydrogen) atoms. The fraction of sp³-hybridized carbons (Fsp3) is 0.533. The number of halogens is 1. The van der Waals surface area contributed by atoms with Gasteiger partial charge in [0.2, 0.25) is 5.91 Å². The second kappa shape index (κ2) is 5.75. The normalized spacial score (nSPS) is 18.1. The molecule has 98 valence electrons. The fourth-order valence-corrected chi connectivity index (χ4v) is 2.35. The lowest BCUT2D eigenvalue weighted by Crippen LogP contribution is -2.35. The smallest absolute Gasteiger partial charge is 0.230 e. The molecule has 1 aromatic rings. The molecule has 0 bridgehead atoms. The number of carbonyl (C=O) groups is 1. The van der Waals surface area contributed by atoms with Gasteiger partial charge in [-0.15, -0.1) is 11.6 Å². The average Bonchev–Trinajstić information content (AvgIpc) is 3.21. The van der Waals surface area contributed by atoms with E-state index in [1.165, 1.54) is 0 Å². The second-order valence-electron chi connectivity index (χ2n) is 5.00. The molecule has 1 aliphatic carbocycles. The van der Waals surface area contributed by atoms with Crippen molar-refractivity contribution in [2.24, 2.45) is 0 Å². The molecule has 0 aliphatic heterocycles. The van der Waals surface area contributed by atoms with E-state index in [4.69, 9.17) is 11.6 Å². The highest BCUT2D eigenvalue weighted by Crippen LogP contribution is 2.48. The van der Waals surface area contributed by atoms with Crippen LogP contribution in [0.15, 0.2) is 30.3 Å². The summed E-state index contributed by atoms with van der Waals surface area (Å²) in [6, 6.07) is 10.1. The molecule has 2 rings (SSSR count). The third-order valence-corrected chi connectivity index (χ3v) is 4.22. The van der Waals surface area contributed by atoms with Gasteiger partial charge in [-0.05, 0) is 31.2 Å². The van der Waals surface area contributed by atoms with Crippen molar-refractivity contribution in [3.8, 4) is 0 Å². The van der Waals surface area contributed by atoms with Gasteiger partial charge in [-0.3, -0.25) is 4.79 Å². The summed E-state index contributed by atoms with van der Waals surface area (Å²) in [5.74, 6) is 0.161. The molecular formula is C15H20ClNO. The number of carbonyl (C=O) groups excluding carboxylic acids is 1. The monoisotopic (exact) mass is 265 g/mol. The van der Waals surface area contributed by atoms with Crippen LogP contribution in [0.2, 0.25) is 0 Å². The maximum atomic E-state index is 12.2. The lowest BCUT2D eigenvalue weighted by Gasteiger charge is -2.16. The molecule has 3 heteroatoms. The van der Waals surface area contributed by atoms with Gasteiger partial charge in [0.1, 0.15) is 0 Å². The SMILES string of the molecule is CCC(Cl)CCNC(=O)C1(c2ccccc2)CC1. The molecule has 1 unspecified atom stereocenters. The number of benzene rings is 1. The summed E-state index contributed by atoms with van der Waals surface area (Å²) in [4.78, 5) is 12.2. The molecule has 1 aliphatic rings. The van der Waals surface area contributed by atoms with Gasteiger partial charge in [-0.1, -0.05) is 37.3 Å².